The molecule has 0 aromatic heterocycles. The summed E-state index contributed by atoms with van der Waals surface area (Å²) < 4.78 is 46.2. The molecule has 0 aromatic carbocycles. The highest BCUT2D eigenvalue weighted by atomic mass is 32.3. The molecule has 0 saturated carbocycles. The Morgan fingerprint density at radius 3 is 2.56 bits per heavy atom. The molecular weight excluding hydrogens is 272 g/mol. The molecule has 0 aliphatic carbocycles. The molecular formula is C8H14O9S. The molecule has 2 N–H and O–H groups in total. The van der Waals surface area contributed by atoms with Crippen molar-refractivity contribution in [2.45, 2.75) is 31.4 Å². The van der Waals surface area contributed by atoms with Crippen LogP contribution in [0.5, 0.6) is 0 Å². The molecule has 2 rings (SSSR count). The predicted octanol–water partition coefficient (Wildman–Crippen LogP) is -1.59. The van der Waals surface area contributed by atoms with Crippen molar-refractivity contribution in [3.05, 3.63) is 0 Å². The van der Waals surface area contributed by atoms with Crippen molar-refractivity contribution < 1.29 is 41.2 Å². The van der Waals surface area contributed by atoms with Gasteiger partial charge in [-0.05, 0) is 0 Å². The second-order valence-electron chi connectivity index (χ2n) is 3.73. The smallest absolute Gasteiger partial charge is 0.394 e. The lowest BCUT2D eigenvalue weighted by molar-refractivity contribution is -0.568. The van der Waals surface area contributed by atoms with Gasteiger partial charge in [-0.3, -0.25) is 9.47 Å². The Labute approximate surface area is 103 Å². The highest BCUT2D eigenvalue weighted by Crippen LogP contribution is 2.49. The van der Waals surface area contributed by atoms with Gasteiger partial charge < -0.3 is 14.9 Å². The average molecular weight is 286 g/mol. The number of aliphatic hydroxyl groups excluding tert-OH is 1. The van der Waals surface area contributed by atoms with Crippen LogP contribution < -0.4 is 0 Å². The molecule has 106 valence electrons. The van der Waals surface area contributed by atoms with E-state index in [4.69, 9.17) is 19.3 Å². The molecule has 2 aliphatic rings. The molecule has 2 heterocycles. The van der Waals surface area contributed by atoms with Crippen LogP contribution in [0.2, 0.25) is 0 Å². The summed E-state index contributed by atoms with van der Waals surface area (Å²) in [6.45, 7) is 1.37. The summed E-state index contributed by atoms with van der Waals surface area (Å²) in [7, 11) is -4.36. The zero-order chi connectivity index (χ0) is 13.4. The van der Waals surface area contributed by atoms with Gasteiger partial charge in [0.15, 0.2) is 6.29 Å². The average Bonchev–Trinajstić information content (AvgIpc) is 2.45. The summed E-state index contributed by atoms with van der Waals surface area (Å²) in [6, 6.07) is 0. The number of ether oxygens (including phenoxy) is 3. The minimum Gasteiger partial charge on any atom is -0.394 e. The summed E-state index contributed by atoms with van der Waals surface area (Å²) in [5, 5.41) is 18.4. The quantitative estimate of drug-likeness (QED) is 0.576. The lowest BCUT2D eigenvalue weighted by atomic mass is 10.1. The number of hydrogen-bond donors (Lipinski definition) is 2. The molecule has 18 heavy (non-hydrogen) atoms. The van der Waals surface area contributed by atoms with E-state index in [2.05, 4.69) is 8.37 Å². The van der Waals surface area contributed by atoms with E-state index in [1.807, 2.05) is 0 Å². The summed E-state index contributed by atoms with van der Waals surface area (Å²) in [5.74, 6) is -4.40. The van der Waals surface area contributed by atoms with E-state index in [1.54, 1.807) is 0 Å². The second kappa shape index (κ2) is 4.65. The van der Waals surface area contributed by atoms with Crippen LogP contribution in [0.3, 0.4) is 0 Å². The van der Waals surface area contributed by atoms with Gasteiger partial charge >= 0.3 is 16.4 Å². The van der Waals surface area contributed by atoms with Gasteiger partial charge in [-0.25, -0.2) is 4.18 Å². The fraction of sp³-hybridized carbons (Fsp3) is 1.00. The maximum absolute atomic E-state index is 11.2. The molecule has 2 saturated heterocycles. The fourth-order valence-electron chi connectivity index (χ4n) is 1.60. The highest BCUT2D eigenvalue weighted by Gasteiger charge is 2.73. The second-order valence-corrected chi connectivity index (χ2v) is 4.88. The van der Waals surface area contributed by atoms with Gasteiger partial charge in [-0.2, -0.15) is 12.6 Å². The first-order valence-electron chi connectivity index (χ1n) is 5.29. The normalized spacial score (nSPS) is 42.1. The van der Waals surface area contributed by atoms with Crippen molar-refractivity contribution in [3.8, 4) is 0 Å². The monoisotopic (exact) mass is 286 g/mol. The molecule has 1 spiro atoms. The third-order valence-corrected chi connectivity index (χ3v) is 3.38. The molecule has 0 aromatic rings. The lowest BCUT2D eigenvalue weighted by Gasteiger charge is -2.46. The van der Waals surface area contributed by atoms with Gasteiger partial charge in [-0.1, -0.05) is 6.92 Å². The zero-order valence-electron chi connectivity index (χ0n) is 9.57. The van der Waals surface area contributed by atoms with E-state index in [-0.39, 0.29) is 26.2 Å². The topological polar surface area (TPSA) is 121 Å². The van der Waals surface area contributed by atoms with E-state index in [1.165, 1.54) is 6.92 Å². The first kappa shape index (κ1) is 14.1. The van der Waals surface area contributed by atoms with Gasteiger partial charge in [0, 0.05) is 6.42 Å². The van der Waals surface area contributed by atoms with E-state index in [0.717, 1.165) is 0 Å². The Morgan fingerprint density at radius 1 is 1.33 bits per heavy atom. The van der Waals surface area contributed by atoms with Crippen molar-refractivity contribution in [2.24, 2.45) is 0 Å². The first-order valence-corrected chi connectivity index (χ1v) is 6.62. The molecule has 9 nitrogen and oxygen atoms in total. The molecule has 2 aliphatic heterocycles. The van der Waals surface area contributed by atoms with Crippen LogP contribution in [-0.2, 0) is 33.0 Å². The summed E-state index contributed by atoms with van der Waals surface area (Å²) >= 11 is 0. The molecule has 0 radical (unpaired) electrons. The van der Waals surface area contributed by atoms with Crippen molar-refractivity contribution in [1.82, 2.24) is 0 Å². The van der Waals surface area contributed by atoms with E-state index >= 15 is 0 Å². The van der Waals surface area contributed by atoms with Crippen molar-refractivity contribution in [2.75, 3.05) is 19.8 Å². The van der Waals surface area contributed by atoms with Gasteiger partial charge in [0.2, 0.25) is 0 Å². The maximum atomic E-state index is 11.2. The minimum atomic E-state index is -4.36. The third kappa shape index (κ3) is 2.26. The van der Waals surface area contributed by atoms with E-state index in [9.17, 15) is 13.5 Å². The minimum absolute atomic E-state index is 0.0362. The van der Waals surface area contributed by atoms with Crippen LogP contribution in [0.4, 0.5) is 0 Å². The molecule has 1 atom stereocenters. The maximum Gasteiger partial charge on any atom is 0.407 e. The fourth-order valence-corrected chi connectivity index (χ4v) is 2.67. The van der Waals surface area contributed by atoms with Gasteiger partial charge in [0.25, 0.3) is 5.79 Å². The predicted molar refractivity (Wildman–Crippen MR) is 52.9 cm³/mol. The van der Waals surface area contributed by atoms with Crippen LogP contribution >= 0.6 is 0 Å². The molecule has 10 heteroatoms. The highest BCUT2D eigenvalue weighted by molar-refractivity contribution is 7.82. The van der Waals surface area contributed by atoms with Crippen LogP contribution in [0.1, 0.15) is 13.3 Å². The van der Waals surface area contributed by atoms with Crippen LogP contribution in [-0.4, -0.2) is 56.5 Å². The van der Waals surface area contributed by atoms with Crippen molar-refractivity contribution in [1.29, 1.82) is 0 Å². The van der Waals surface area contributed by atoms with E-state index in [0.29, 0.717) is 0 Å². The lowest BCUT2D eigenvalue weighted by Crippen LogP contribution is -2.66. The zero-order valence-corrected chi connectivity index (χ0v) is 10.4. The van der Waals surface area contributed by atoms with Gasteiger partial charge in [-0.15, -0.1) is 0 Å². The van der Waals surface area contributed by atoms with Crippen molar-refractivity contribution >= 4 is 10.4 Å². The first-order chi connectivity index (χ1) is 8.36. The van der Waals surface area contributed by atoms with Crippen LogP contribution in [0.15, 0.2) is 0 Å². The Balaban J connectivity index is 1.98. The SMILES string of the molecule is CCC1(O)OS(=O)(=O)OC12OC(COCCO)O2. The third-order valence-electron chi connectivity index (χ3n) is 2.47. The Hall–Kier alpha value is -0.330. The Morgan fingerprint density at radius 2 is 2.00 bits per heavy atom. The molecule has 0 amide bonds. The number of aliphatic hydroxyl groups is 2. The van der Waals surface area contributed by atoms with Crippen LogP contribution in [0.25, 0.3) is 0 Å². The van der Waals surface area contributed by atoms with Crippen LogP contribution in [0, 0.1) is 0 Å². The number of hydrogen-bond acceptors (Lipinski definition) is 9. The Bertz CT molecular complexity index is 401. The summed E-state index contributed by atoms with van der Waals surface area (Å²) in [4.78, 5) is 0. The summed E-state index contributed by atoms with van der Waals surface area (Å²) in [5.41, 5.74) is 0. The number of rotatable bonds is 5. The standard InChI is InChI=1S/C8H14O9S/c1-2-7(10)8(17-18(11,12)16-7)14-6(15-8)5-13-4-3-9/h6,9-10H,2-5H2,1H3. The molecule has 1 unspecified atom stereocenters. The van der Waals surface area contributed by atoms with Gasteiger partial charge in [0.1, 0.15) is 0 Å². The summed E-state index contributed by atoms with van der Waals surface area (Å²) in [6.07, 6.45) is -1.01. The van der Waals surface area contributed by atoms with E-state index < -0.39 is 28.4 Å². The molecule has 2 fully saturated rings. The largest absolute Gasteiger partial charge is 0.407 e. The molecule has 0 bridgehead atoms. The Kier molecular flexibility index (Phi) is 3.64. The van der Waals surface area contributed by atoms with Crippen molar-refractivity contribution in [3.63, 3.8) is 0 Å². The van der Waals surface area contributed by atoms with Gasteiger partial charge in [0.05, 0.1) is 19.8 Å².